The number of hydrogen-bond acceptors (Lipinski definition) is 5. The zero-order chi connectivity index (χ0) is 11.8. The van der Waals surface area contributed by atoms with Gasteiger partial charge in [0.05, 0.1) is 0 Å². The van der Waals surface area contributed by atoms with Crippen LogP contribution in [-0.2, 0) is 4.79 Å². The molecule has 1 atom stereocenters. The number of aliphatic carboxylic acids is 1. The van der Waals surface area contributed by atoms with Crippen LogP contribution in [0, 0.1) is 0 Å². The van der Waals surface area contributed by atoms with Crippen LogP contribution in [0.3, 0.4) is 0 Å². The lowest BCUT2D eigenvalue weighted by atomic mass is 10.2. The molecule has 0 fully saturated rings. The minimum absolute atomic E-state index is 0.0874. The van der Waals surface area contributed by atoms with Crippen LogP contribution in [0.5, 0.6) is 11.5 Å². The summed E-state index contributed by atoms with van der Waals surface area (Å²) in [5.41, 5.74) is 1.18. The molecule has 2 aliphatic rings. The van der Waals surface area contributed by atoms with E-state index in [0.29, 0.717) is 5.75 Å². The molecule has 3 rings (SSSR count). The van der Waals surface area contributed by atoms with Gasteiger partial charge in [0, 0.05) is 5.41 Å². The highest BCUT2D eigenvalue weighted by Gasteiger charge is 2.24. The molecule has 2 heterocycles. The van der Waals surface area contributed by atoms with E-state index in [4.69, 9.17) is 14.6 Å². The lowest BCUT2D eigenvalue weighted by Gasteiger charge is -2.12. The van der Waals surface area contributed by atoms with E-state index in [9.17, 15) is 4.79 Å². The molecule has 88 valence electrons. The largest absolute Gasteiger partial charge is 0.477 e. The Bertz CT molecular complexity index is 514. The lowest BCUT2D eigenvalue weighted by molar-refractivity contribution is -0.133. The molecular weight excluding hydrogens is 242 g/mol. The summed E-state index contributed by atoms with van der Waals surface area (Å²) >= 11 is 1.43. The van der Waals surface area contributed by atoms with Gasteiger partial charge in [0.2, 0.25) is 6.79 Å². The standard InChI is InChI=1S/C11H9NO4S/c13-11(14)7-4-17-10(12-7)6-1-2-8-9(3-6)16-5-15-8/h1-4,10,12H,5H2,(H,13,14). The van der Waals surface area contributed by atoms with Crippen LogP contribution in [0.25, 0.3) is 0 Å². The highest BCUT2D eigenvalue weighted by atomic mass is 32.2. The van der Waals surface area contributed by atoms with Gasteiger partial charge in [-0.05, 0) is 17.7 Å². The zero-order valence-electron chi connectivity index (χ0n) is 8.67. The zero-order valence-corrected chi connectivity index (χ0v) is 9.49. The predicted molar refractivity (Wildman–Crippen MR) is 61.8 cm³/mol. The van der Waals surface area contributed by atoms with Gasteiger partial charge in [-0.15, -0.1) is 11.8 Å². The lowest BCUT2D eigenvalue weighted by Crippen LogP contribution is -2.18. The van der Waals surface area contributed by atoms with E-state index in [0.717, 1.165) is 11.3 Å². The van der Waals surface area contributed by atoms with Crippen molar-refractivity contribution in [3.05, 3.63) is 34.9 Å². The summed E-state index contributed by atoms with van der Waals surface area (Å²) in [5, 5.41) is 13.3. The topological polar surface area (TPSA) is 67.8 Å². The third-order valence-corrected chi connectivity index (χ3v) is 3.57. The second-order valence-electron chi connectivity index (χ2n) is 3.61. The van der Waals surface area contributed by atoms with Crippen molar-refractivity contribution in [3.63, 3.8) is 0 Å². The molecule has 1 aromatic carbocycles. The molecular formula is C11H9NO4S. The number of fused-ring (bicyclic) bond motifs is 1. The van der Waals surface area contributed by atoms with E-state index in [2.05, 4.69) is 5.32 Å². The average molecular weight is 251 g/mol. The monoisotopic (exact) mass is 251 g/mol. The highest BCUT2D eigenvalue weighted by Crippen LogP contribution is 2.39. The van der Waals surface area contributed by atoms with Crippen LogP contribution >= 0.6 is 11.8 Å². The van der Waals surface area contributed by atoms with Crippen LogP contribution in [-0.4, -0.2) is 17.9 Å². The number of benzene rings is 1. The Morgan fingerprint density at radius 1 is 1.41 bits per heavy atom. The van der Waals surface area contributed by atoms with Crippen molar-refractivity contribution >= 4 is 17.7 Å². The number of ether oxygens (including phenoxy) is 2. The van der Waals surface area contributed by atoms with Gasteiger partial charge in [-0.2, -0.15) is 0 Å². The quantitative estimate of drug-likeness (QED) is 0.833. The first-order chi connectivity index (χ1) is 8.24. The summed E-state index contributed by atoms with van der Waals surface area (Å²) in [5.74, 6) is 0.484. The first kappa shape index (κ1) is 10.3. The molecule has 2 aliphatic heterocycles. The Kier molecular flexibility index (Phi) is 2.36. The van der Waals surface area contributed by atoms with Crippen molar-refractivity contribution in [3.8, 4) is 11.5 Å². The third-order valence-electron chi connectivity index (χ3n) is 2.54. The first-order valence-corrected chi connectivity index (χ1v) is 5.93. The van der Waals surface area contributed by atoms with Gasteiger partial charge in [-0.25, -0.2) is 4.79 Å². The normalized spacial score (nSPS) is 20.9. The second-order valence-corrected chi connectivity index (χ2v) is 4.59. The summed E-state index contributed by atoms with van der Waals surface area (Å²) < 4.78 is 10.5. The van der Waals surface area contributed by atoms with Crippen molar-refractivity contribution in [1.82, 2.24) is 5.32 Å². The molecule has 0 saturated heterocycles. The maximum Gasteiger partial charge on any atom is 0.352 e. The Morgan fingerprint density at radius 3 is 3.00 bits per heavy atom. The van der Waals surface area contributed by atoms with Gasteiger partial charge in [0.25, 0.3) is 0 Å². The van der Waals surface area contributed by atoms with E-state index in [-0.39, 0.29) is 17.9 Å². The minimum Gasteiger partial charge on any atom is -0.477 e. The first-order valence-electron chi connectivity index (χ1n) is 4.99. The molecule has 0 saturated carbocycles. The molecule has 0 bridgehead atoms. The number of nitrogens with one attached hydrogen (secondary N) is 1. The van der Waals surface area contributed by atoms with Crippen LogP contribution in [0.4, 0.5) is 0 Å². The Hall–Kier alpha value is -1.82. The summed E-state index contributed by atoms with van der Waals surface area (Å²) in [7, 11) is 0. The molecule has 0 aromatic heterocycles. The fraction of sp³-hybridized carbons (Fsp3) is 0.182. The second kappa shape index (κ2) is 3.89. The molecule has 0 spiro atoms. The molecule has 5 nitrogen and oxygen atoms in total. The SMILES string of the molecule is O=C(O)C1=CSC(c2ccc3c(c2)OCO3)N1. The Balaban J connectivity index is 1.81. The summed E-state index contributed by atoms with van der Waals surface area (Å²) in [6.45, 7) is 0.239. The summed E-state index contributed by atoms with van der Waals surface area (Å²) in [6.07, 6.45) is 0. The molecule has 2 N–H and O–H groups in total. The fourth-order valence-electron chi connectivity index (χ4n) is 1.70. The number of hydrogen-bond donors (Lipinski definition) is 2. The molecule has 17 heavy (non-hydrogen) atoms. The molecule has 6 heteroatoms. The van der Waals surface area contributed by atoms with Crippen LogP contribution in [0.1, 0.15) is 10.9 Å². The van der Waals surface area contributed by atoms with E-state index >= 15 is 0 Å². The number of carbonyl (C=O) groups is 1. The van der Waals surface area contributed by atoms with E-state index in [1.165, 1.54) is 11.8 Å². The summed E-state index contributed by atoms with van der Waals surface area (Å²) in [6, 6.07) is 5.60. The fourth-order valence-corrected chi connectivity index (χ4v) is 2.64. The van der Waals surface area contributed by atoms with Gasteiger partial charge < -0.3 is 19.9 Å². The van der Waals surface area contributed by atoms with Crippen molar-refractivity contribution in [2.24, 2.45) is 0 Å². The number of rotatable bonds is 2. The van der Waals surface area contributed by atoms with Crippen LogP contribution in [0.15, 0.2) is 29.3 Å². The van der Waals surface area contributed by atoms with Crippen LogP contribution < -0.4 is 14.8 Å². The van der Waals surface area contributed by atoms with Crippen molar-refractivity contribution in [2.75, 3.05) is 6.79 Å². The molecule has 0 aliphatic carbocycles. The Labute approximate surface area is 101 Å². The van der Waals surface area contributed by atoms with Crippen molar-refractivity contribution in [1.29, 1.82) is 0 Å². The van der Waals surface area contributed by atoms with E-state index in [1.807, 2.05) is 18.2 Å². The Morgan fingerprint density at radius 2 is 2.24 bits per heavy atom. The van der Waals surface area contributed by atoms with Gasteiger partial charge in [-0.3, -0.25) is 0 Å². The third kappa shape index (κ3) is 1.80. The van der Waals surface area contributed by atoms with Gasteiger partial charge >= 0.3 is 5.97 Å². The van der Waals surface area contributed by atoms with E-state index < -0.39 is 5.97 Å². The number of carboxylic acid groups (broad SMARTS) is 1. The molecule has 1 aromatic rings. The smallest absolute Gasteiger partial charge is 0.352 e. The number of carboxylic acids is 1. The molecule has 0 amide bonds. The maximum absolute atomic E-state index is 10.8. The minimum atomic E-state index is -0.944. The predicted octanol–water partition coefficient (Wildman–Crippen LogP) is 1.68. The molecule has 1 unspecified atom stereocenters. The van der Waals surface area contributed by atoms with Gasteiger partial charge in [0.1, 0.15) is 11.1 Å². The maximum atomic E-state index is 10.8. The highest BCUT2D eigenvalue weighted by molar-refractivity contribution is 8.02. The van der Waals surface area contributed by atoms with Gasteiger partial charge in [-0.1, -0.05) is 6.07 Å². The van der Waals surface area contributed by atoms with Crippen LogP contribution in [0.2, 0.25) is 0 Å². The summed E-state index contributed by atoms with van der Waals surface area (Å²) in [4.78, 5) is 10.8. The van der Waals surface area contributed by atoms with Gasteiger partial charge in [0.15, 0.2) is 11.5 Å². The van der Waals surface area contributed by atoms with Crippen molar-refractivity contribution in [2.45, 2.75) is 5.37 Å². The van der Waals surface area contributed by atoms with E-state index in [1.54, 1.807) is 5.41 Å². The molecule has 0 radical (unpaired) electrons. The average Bonchev–Trinajstić information content (AvgIpc) is 2.97. The number of thioether (sulfide) groups is 1. The van der Waals surface area contributed by atoms with Crippen molar-refractivity contribution < 1.29 is 19.4 Å².